The van der Waals surface area contributed by atoms with Gasteiger partial charge in [-0.25, -0.2) is 4.79 Å². The average molecular weight is 388 g/mol. The van der Waals surface area contributed by atoms with Gasteiger partial charge in [-0.05, 0) is 30.7 Å². The van der Waals surface area contributed by atoms with Gasteiger partial charge in [0.25, 0.3) is 5.91 Å². The Bertz CT molecular complexity index is 1020. The lowest BCUT2D eigenvalue weighted by Gasteiger charge is -2.10. The number of benzene rings is 2. The lowest BCUT2D eigenvalue weighted by Crippen LogP contribution is -2.23. The van der Waals surface area contributed by atoms with E-state index in [1.54, 1.807) is 37.3 Å². The maximum absolute atomic E-state index is 12.6. The first-order chi connectivity index (χ1) is 13.0. The highest BCUT2D eigenvalue weighted by molar-refractivity contribution is 6.35. The molecular weight excluding hydrogens is 370 g/mol. The molecule has 0 unspecified atom stereocenters. The highest BCUT2D eigenvalue weighted by Crippen LogP contribution is 2.30. The van der Waals surface area contributed by atoms with Crippen LogP contribution in [0, 0.1) is 6.92 Å². The second-order valence-electron chi connectivity index (χ2n) is 5.88. The molecule has 0 aliphatic carbocycles. The average Bonchev–Trinajstić information content (AvgIpc) is 3.03. The molecule has 0 saturated heterocycles. The number of carbonyl (C=O) groups excluding carboxylic acids is 2. The van der Waals surface area contributed by atoms with Gasteiger partial charge in [0.15, 0.2) is 11.3 Å². The number of ether oxygens (including phenoxy) is 2. The number of para-hydroxylation sites is 1. The van der Waals surface area contributed by atoms with Gasteiger partial charge in [-0.1, -0.05) is 29.8 Å². The van der Waals surface area contributed by atoms with Crippen molar-refractivity contribution in [3.8, 4) is 5.75 Å². The lowest BCUT2D eigenvalue weighted by molar-refractivity contribution is 0.0597. The van der Waals surface area contributed by atoms with E-state index in [0.29, 0.717) is 21.9 Å². The van der Waals surface area contributed by atoms with Crippen molar-refractivity contribution in [3.05, 3.63) is 63.9 Å². The molecule has 1 N–H and O–H groups in total. The van der Waals surface area contributed by atoms with Crippen LogP contribution in [0.2, 0.25) is 5.02 Å². The van der Waals surface area contributed by atoms with Crippen LogP contribution < -0.4 is 10.1 Å². The highest BCUT2D eigenvalue weighted by Gasteiger charge is 2.19. The lowest BCUT2D eigenvalue weighted by atomic mass is 10.1. The Balaban J connectivity index is 1.81. The van der Waals surface area contributed by atoms with Gasteiger partial charge in [0.1, 0.15) is 11.3 Å². The minimum atomic E-state index is -0.511. The van der Waals surface area contributed by atoms with E-state index in [4.69, 9.17) is 25.5 Å². The zero-order valence-electron chi connectivity index (χ0n) is 15.1. The molecule has 0 spiro atoms. The first-order valence-electron chi connectivity index (χ1n) is 8.17. The number of nitrogens with one attached hydrogen (secondary N) is 1. The topological polar surface area (TPSA) is 77.8 Å². The van der Waals surface area contributed by atoms with Crippen LogP contribution in [0.15, 0.2) is 40.8 Å². The Morgan fingerprint density at radius 2 is 1.96 bits per heavy atom. The van der Waals surface area contributed by atoms with Crippen LogP contribution in [-0.2, 0) is 11.3 Å². The standard InChI is InChI=1S/C20H18ClNO5/c1-11-13-5-4-6-15(21)18(13)27-17(11)19(23)22-10-12-7-8-16(25-2)14(9-12)20(24)26-3/h4-9H,10H2,1-3H3,(H,22,23). The maximum Gasteiger partial charge on any atom is 0.341 e. The summed E-state index contributed by atoms with van der Waals surface area (Å²) < 4.78 is 15.6. The minimum absolute atomic E-state index is 0.205. The molecule has 140 valence electrons. The van der Waals surface area contributed by atoms with Crippen LogP contribution >= 0.6 is 11.6 Å². The molecule has 3 aromatic rings. The number of hydrogen-bond acceptors (Lipinski definition) is 5. The number of esters is 1. The van der Waals surface area contributed by atoms with Crippen molar-refractivity contribution >= 4 is 34.4 Å². The molecular formula is C20H18ClNO5. The smallest absolute Gasteiger partial charge is 0.341 e. The molecule has 0 saturated carbocycles. The Morgan fingerprint density at radius 1 is 1.19 bits per heavy atom. The molecule has 0 aliphatic rings. The maximum atomic E-state index is 12.6. The van der Waals surface area contributed by atoms with Gasteiger partial charge in [0.05, 0.1) is 19.2 Å². The van der Waals surface area contributed by atoms with Crippen molar-refractivity contribution in [2.24, 2.45) is 0 Å². The molecule has 1 amide bonds. The fourth-order valence-electron chi connectivity index (χ4n) is 2.82. The number of halogens is 1. The summed E-state index contributed by atoms with van der Waals surface area (Å²) in [4.78, 5) is 24.4. The van der Waals surface area contributed by atoms with E-state index < -0.39 is 5.97 Å². The van der Waals surface area contributed by atoms with Gasteiger partial charge in [-0.3, -0.25) is 4.79 Å². The number of methoxy groups -OCH3 is 2. The zero-order valence-corrected chi connectivity index (χ0v) is 15.8. The Morgan fingerprint density at radius 3 is 2.63 bits per heavy atom. The van der Waals surface area contributed by atoms with Crippen molar-refractivity contribution in [2.75, 3.05) is 14.2 Å². The second kappa shape index (κ2) is 7.72. The van der Waals surface area contributed by atoms with Gasteiger partial charge in [0.2, 0.25) is 0 Å². The van der Waals surface area contributed by atoms with Gasteiger partial charge in [-0.2, -0.15) is 0 Å². The quantitative estimate of drug-likeness (QED) is 0.666. The molecule has 3 rings (SSSR count). The van der Waals surface area contributed by atoms with Crippen LogP contribution in [-0.4, -0.2) is 26.1 Å². The molecule has 6 nitrogen and oxygen atoms in total. The first kappa shape index (κ1) is 18.8. The van der Waals surface area contributed by atoms with Crippen LogP contribution in [0.1, 0.15) is 32.0 Å². The number of aryl methyl sites for hydroxylation is 1. The largest absolute Gasteiger partial charge is 0.496 e. The third-order valence-corrected chi connectivity index (χ3v) is 4.54. The summed E-state index contributed by atoms with van der Waals surface area (Å²) in [5.74, 6) is -0.266. The number of rotatable bonds is 5. The number of hydrogen-bond donors (Lipinski definition) is 1. The molecule has 7 heteroatoms. The molecule has 0 atom stereocenters. The SMILES string of the molecule is COC(=O)c1cc(CNC(=O)c2oc3c(Cl)cccc3c2C)ccc1OC. The van der Waals surface area contributed by atoms with Crippen LogP contribution in [0.4, 0.5) is 0 Å². The third kappa shape index (κ3) is 3.61. The monoisotopic (exact) mass is 387 g/mol. The summed E-state index contributed by atoms with van der Waals surface area (Å²) in [7, 11) is 2.77. The van der Waals surface area contributed by atoms with E-state index >= 15 is 0 Å². The van der Waals surface area contributed by atoms with Gasteiger partial charge in [0, 0.05) is 17.5 Å². The summed E-state index contributed by atoms with van der Waals surface area (Å²) in [6, 6.07) is 10.4. The summed E-state index contributed by atoms with van der Waals surface area (Å²) in [6.45, 7) is 2.01. The molecule has 27 heavy (non-hydrogen) atoms. The van der Waals surface area contributed by atoms with E-state index in [-0.39, 0.29) is 18.2 Å². The number of carbonyl (C=O) groups is 2. The Kier molecular flexibility index (Phi) is 5.37. The molecule has 1 aromatic heterocycles. The van der Waals surface area contributed by atoms with Crippen molar-refractivity contribution in [3.63, 3.8) is 0 Å². The number of amides is 1. The molecule has 1 heterocycles. The predicted octanol–water partition coefficient (Wildman–Crippen LogP) is 4.12. The van der Waals surface area contributed by atoms with Crippen molar-refractivity contribution < 1.29 is 23.5 Å². The van der Waals surface area contributed by atoms with Crippen LogP contribution in [0.25, 0.3) is 11.0 Å². The molecule has 2 aromatic carbocycles. The van der Waals surface area contributed by atoms with E-state index in [1.807, 2.05) is 6.07 Å². The predicted molar refractivity (Wildman–Crippen MR) is 101 cm³/mol. The summed E-state index contributed by atoms with van der Waals surface area (Å²) in [6.07, 6.45) is 0. The van der Waals surface area contributed by atoms with Crippen molar-refractivity contribution in [2.45, 2.75) is 13.5 Å². The van der Waals surface area contributed by atoms with Crippen molar-refractivity contribution in [1.82, 2.24) is 5.32 Å². The summed E-state index contributed by atoms with van der Waals surface area (Å²) in [5.41, 5.74) is 2.21. The van der Waals surface area contributed by atoms with E-state index in [9.17, 15) is 9.59 Å². The molecule has 0 bridgehead atoms. The highest BCUT2D eigenvalue weighted by atomic mass is 35.5. The van der Waals surface area contributed by atoms with E-state index in [2.05, 4.69) is 5.32 Å². The number of furan rings is 1. The Labute approximate surface area is 161 Å². The van der Waals surface area contributed by atoms with Crippen LogP contribution in [0.5, 0.6) is 5.75 Å². The van der Waals surface area contributed by atoms with E-state index in [1.165, 1.54) is 14.2 Å². The third-order valence-electron chi connectivity index (χ3n) is 4.24. The normalized spacial score (nSPS) is 10.7. The van der Waals surface area contributed by atoms with Gasteiger partial charge < -0.3 is 19.2 Å². The summed E-state index contributed by atoms with van der Waals surface area (Å²) >= 11 is 6.13. The molecule has 0 fully saturated rings. The fourth-order valence-corrected chi connectivity index (χ4v) is 3.04. The Hall–Kier alpha value is -2.99. The van der Waals surface area contributed by atoms with E-state index in [0.717, 1.165) is 16.5 Å². The molecule has 0 aliphatic heterocycles. The van der Waals surface area contributed by atoms with Gasteiger partial charge >= 0.3 is 5.97 Å². The first-order valence-corrected chi connectivity index (χ1v) is 8.55. The zero-order chi connectivity index (χ0) is 19.6. The van der Waals surface area contributed by atoms with Crippen LogP contribution in [0.3, 0.4) is 0 Å². The minimum Gasteiger partial charge on any atom is -0.496 e. The number of fused-ring (bicyclic) bond motifs is 1. The second-order valence-corrected chi connectivity index (χ2v) is 6.29. The van der Waals surface area contributed by atoms with Crippen molar-refractivity contribution in [1.29, 1.82) is 0 Å². The fraction of sp³-hybridized carbons (Fsp3) is 0.200. The summed E-state index contributed by atoms with van der Waals surface area (Å²) in [5, 5.41) is 4.04. The molecule has 0 radical (unpaired) electrons. The van der Waals surface area contributed by atoms with Gasteiger partial charge in [-0.15, -0.1) is 0 Å².